The Morgan fingerprint density at radius 2 is 1.70 bits per heavy atom. The molecule has 162 valence electrons. The Hall–Kier alpha value is -2.68. The number of alkyl halides is 3. The van der Waals surface area contributed by atoms with E-state index in [1.54, 1.807) is 38.1 Å². The summed E-state index contributed by atoms with van der Waals surface area (Å²) in [4.78, 5) is 26.2. The van der Waals surface area contributed by atoms with Crippen molar-refractivity contribution < 1.29 is 22.8 Å². The van der Waals surface area contributed by atoms with Crippen LogP contribution in [0.3, 0.4) is 0 Å². The maximum atomic E-state index is 13.0. The SMILES string of the molecule is Cc1ccc(NC(=O)CSC(C)C(=O)Nc2cc(C(F)(F)F)ccc2N(C)C)cc1. The normalized spacial score (nSPS) is 12.2. The highest BCUT2D eigenvalue weighted by Crippen LogP contribution is 2.35. The van der Waals surface area contributed by atoms with Crippen LogP contribution in [0.1, 0.15) is 18.1 Å². The van der Waals surface area contributed by atoms with E-state index in [1.807, 2.05) is 19.1 Å². The van der Waals surface area contributed by atoms with Crippen LogP contribution in [0.25, 0.3) is 0 Å². The summed E-state index contributed by atoms with van der Waals surface area (Å²) < 4.78 is 39.1. The maximum absolute atomic E-state index is 13.0. The lowest BCUT2D eigenvalue weighted by Crippen LogP contribution is -2.26. The number of rotatable bonds is 7. The van der Waals surface area contributed by atoms with Gasteiger partial charge in [-0.1, -0.05) is 17.7 Å². The van der Waals surface area contributed by atoms with E-state index < -0.39 is 22.9 Å². The number of hydrogen-bond acceptors (Lipinski definition) is 4. The molecule has 2 rings (SSSR count). The number of anilines is 3. The smallest absolute Gasteiger partial charge is 0.376 e. The van der Waals surface area contributed by atoms with Gasteiger partial charge in [0.25, 0.3) is 0 Å². The van der Waals surface area contributed by atoms with Crippen LogP contribution in [0.4, 0.5) is 30.2 Å². The first-order valence-electron chi connectivity index (χ1n) is 9.15. The van der Waals surface area contributed by atoms with Crippen molar-refractivity contribution in [1.29, 1.82) is 0 Å². The van der Waals surface area contributed by atoms with Gasteiger partial charge in [0.15, 0.2) is 0 Å². The minimum absolute atomic E-state index is 0.0333. The summed E-state index contributed by atoms with van der Waals surface area (Å²) in [5.41, 5.74) is 1.39. The highest BCUT2D eigenvalue weighted by molar-refractivity contribution is 8.01. The van der Waals surface area contributed by atoms with Gasteiger partial charge in [0, 0.05) is 19.8 Å². The number of carbonyl (C=O) groups excluding carboxylic acids is 2. The molecule has 0 aliphatic carbocycles. The summed E-state index contributed by atoms with van der Waals surface area (Å²) in [5, 5.41) is 4.65. The Morgan fingerprint density at radius 3 is 2.27 bits per heavy atom. The molecule has 5 nitrogen and oxygen atoms in total. The van der Waals surface area contributed by atoms with Crippen molar-refractivity contribution in [2.24, 2.45) is 0 Å². The van der Waals surface area contributed by atoms with Crippen molar-refractivity contribution in [2.75, 3.05) is 35.4 Å². The summed E-state index contributed by atoms with van der Waals surface area (Å²) in [6, 6.07) is 10.5. The Bertz CT molecular complexity index is 899. The van der Waals surface area contributed by atoms with Crippen LogP contribution >= 0.6 is 11.8 Å². The molecule has 2 amide bonds. The van der Waals surface area contributed by atoms with Crippen LogP contribution in [-0.2, 0) is 15.8 Å². The molecule has 0 aromatic heterocycles. The topological polar surface area (TPSA) is 61.4 Å². The Balaban J connectivity index is 1.99. The zero-order valence-corrected chi connectivity index (χ0v) is 17.9. The van der Waals surface area contributed by atoms with Crippen LogP contribution in [-0.4, -0.2) is 36.9 Å². The fourth-order valence-electron chi connectivity index (χ4n) is 2.55. The van der Waals surface area contributed by atoms with E-state index in [0.717, 1.165) is 29.5 Å². The van der Waals surface area contributed by atoms with E-state index in [0.29, 0.717) is 11.4 Å². The molecule has 0 saturated carbocycles. The molecule has 30 heavy (non-hydrogen) atoms. The predicted octanol–water partition coefficient (Wildman–Crippen LogP) is 4.78. The van der Waals surface area contributed by atoms with Gasteiger partial charge in [-0.25, -0.2) is 0 Å². The van der Waals surface area contributed by atoms with Gasteiger partial charge in [-0.05, 0) is 44.2 Å². The Kier molecular flexibility index (Phi) is 7.77. The Morgan fingerprint density at radius 1 is 1.07 bits per heavy atom. The van der Waals surface area contributed by atoms with Crippen LogP contribution < -0.4 is 15.5 Å². The molecular weight excluding hydrogens is 415 g/mol. The van der Waals surface area contributed by atoms with Crippen LogP contribution in [0.5, 0.6) is 0 Å². The van der Waals surface area contributed by atoms with Crippen LogP contribution in [0, 0.1) is 6.92 Å². The summed E-state index contributed by atoms with van der Waals surface area (Å²) in [7, 11) is 3.34. The molecule has 2 aromatic carbocycles. The molecule has 0 fully saturated rings. The third-order valence-corrected chi connectivity index (χ3v) is 5.38. The molecular formula is C21H24F3N3O2S. The molecule has 0 heterocycles. The molecule has 0 bridgehead atoms. The van der Waals surface area contributed by atoms with Gasteiger partial charge >= 0.3 is 6.18 Å². The van der Waals surface area contributed by atoms with E-state index in [9.17, 15) is 22.8 Å². The van der Waals surface area contributed by atoms with Gasteiger partial charge in [-0.2, -0.15) is 13.2 Å². The second-order valence-corrected chi connectivity index (χ2v) is 8.31. The van der Waals surface area contributed by atoms with E-state index in [1.165, 1.54) is 6.07 Å². The van der Waals surface area contributed by atoms with E-state index in [-0.39, 0.29) is 17.3 Å². The van der Waals surface area contributed by atoms with Crippen molar-refractivity contribution in [1.82, 2.24) is 0 Å². The molecule has 0 aliphatic heterocycles. The lowest BCUT2D eigenvalue weighted by Gasteiger charge is -2.21. The largest absolute Gasteiger partial charge is 0.416 e. The number of aryl methyl sites for hydroxylation is 1. The van der Waals surface area contributed by atoms with Gasteiger partial charge in [0.2, 0.25) is 11.8 Å². The highest BCUT2D eigenvalue weighted by Gasteiger charge is 2.31. The average molecular weight is 440 g/mol. The minimum Gasteiger partial charge on any atom is -0.376 e. The fraction of sp³-hybridized carbons (Fsp3) is 0.333. The molecule has 9 heteroatoms. The van der Waals surface area contributed by atoms with Crippen LogP contribution in [0.15, 0.2) is 42.5 Å². The van der Waals surface area contributed by atoms with Crippen LogP contribution in [0.2, 0.25) is 0 Å². The summed E-state index contributed by atoms with van der Waals surface area (Å²) in [6.45, 7) is 3.54. The Labute approximate surface area is 178 Å². The third-order valence-electron chi connectivity index (χ3n) is 4.23. The van der Waals surface area contributed by atoms with E-state index >= 15 is 0 Å². The van der Waals surface area contributed by atoms with E-state index in [4.69, 9.17) is 0 Å². The van der Waals surface area contributed by atoms with Gasteiger partial charge in [-0.3, -0.25) is 9.59 Å². The summed E-state index contributed by atoms with van der Waals surface area (Å²) >= 11 is 1.10. The monoisotopic (exact) mass is 439 g/mol. The van der Waals surface area contributed by atoms with Gasteiger partial charge < -0.3 is 15.5 Å². The summed E-state index contributed by atoms with van der Waals surface area (Å²) in [6.07, 6.45) is -4.52. The number of thioether (sulfide) groups is 1. The molecule has 0 spiro atoms. The molecule has 2 aromatic rings. The fourth-order valence-corrected chi connectivity index (χ4v) is 3.23. The van der Waals surface area contributed by atoms with Crippen molar-refractivity contribution in [3.63, 3.8) is 0 Å². The first-order valence-corrected chi connectivity index (χ1v) is 10.2. The minimum atomic E-state index is -4.52. The van der Waals surface area contributed by atoms with Gasteiger partial charge in [0.1, 0.15) is 0 Å². The van der Waals surface area contributed by atoms with Crippen molar-refractivity contribution in [3.8, 4) is 0 Å². The second-order valence-electron chi connectivity index (χ2n) is 6.98. The number of benzene rings is 2. The number of nitrogens with zero attached hydrogens (tertiary/aromatic N) is 1. The van der Waals surface area contributed by atoms with Gasteiger partial charge in [-0.15, -0.1) is 11.8 Å². The van der Waals surface area contributed by atoms with Gasteiger partial charge in [0.05, 0.1) is 27.9 Å². The lowest BCUT2D eigenvalue weighted by molar-refractivity contribution is -0.137. The molecule has 0 aliphatic rings. The van der Waals surface area contributed by atoms with Crippen molar-refractivity contribution in [2.45, 2.75) is 25.3 Å². The number of carbonyl (C=O) groups is 2. The molecule has 0 saturated heterocycles. The first kappa shape index (κ1) is 23.6. The quantitative estimate of drug-likeness (QED) is 0.652. The molecule has 1 atom stereocenters. The van der Waals surface area contributed by atoms with Crippen molar-refractivity contribution in [3.05, 3.63) is 53.6 Å². The average Bonchev–Trinajstić information content (AvgIpc) is 2.66. The first-order chi connectivity index (χ1) is 14.0. The number of halogens is 3. The highest BCUT2D eigenvalue weighted by atomic mass is 32.2. The zero-order chi connectivity index (χ0) is 22.5. The maximum Gasteiger partial charge on any atom is 0.416 e. The number of nitrogens with one attached hydrogen (secondary N) is 2. The molecule has 2 N–H and O–H groups in total. The number of hydrogen-bond donors (Lipinski definition) is 2. The number of amides is 2. The van der Waals surface area contributed by atoms with Crippen molar-refractivity contribution >= 4 is 40.6 Å². The molecule has 1 unspecified atom stereocenters. The summed E-state index contributed by atoms with van der Waals surface area (Å²) in [5.74, 6) is -0.715. The van der Waals surface area contributed by atoms with E-state index in [2.05, 4.69) is 10.6 Å². The predicted molar refractivity (Wildman–Crippen MR) is 116 cm³/mol. The molecule has 0 radical (unpaired) electrons. The zero-order valence-electron chi connectivity index (χ0n) is 17.1. The second kappa shape index (κ2) is 9.88. The standard InChI is InChI=1S/C21H24F3N3O2S/c1-13-5-8-16(9-6-13)25-19(28)12-30-14(2)20(29)26-17-11-15(21(22,23)24)7-10-18(17)27(3)4/h5-11,14H,12H2,1-4H3,(H,25,28)(H,26,29). The third kappa shape index (κ3) is 6.69. The lowest BCUT2D eigenvalue weighted by atomic mass is 10.1.